The minimum atomic E-state index is -0.903. The summed E-state index contributed by atoms with van der Waals surface area (Å²) in [6.07, 6.45) is 11.0. The molecule has 0 fully saturated rings. The number of carboxylic acid groups (broad SMARTS) is 1. The maximum Gasteiger partial charge on any atom is 0.328 e. The highest BCUT2D eigenvalue weighted by atomic mass is 16.5. The first-order chi connectivity index (χ1) is 23.7. The maximum atomic E-state index is 12.4. The molecule has 0 saturated heterocycles. The van der Waals surface area contributed by atoms with Crippen molar-refractivity contribution in [2.45, 2.75) is 109 Å². The number of carboxylic acids is 1. The van der Waals surface area contributed by atoms with E-state index in [1.165, 1.54) is 7.11 Å². The SMILES string of the molecule is CCC(=O)COCCOCCNC(=O)COCCOCCNC(=O)CC[C@H](NC(=O)CCCCCCCCCCCCC(=O)O)C(=O)OC. The van der Waals surface area contributed by atoms with E-state index in [0.29, 0.717) is 45.6 Å². The first-order valence-corrected chi connectivity index (χ1v) is 17.6. The van der Waals surface area contributed by atoms with Crippen LogP contribution < -0.4 is 16.0 Å². The normalized spacial score (nSPS) is 11.5. The zero-order valence-corrected chi connectivity index (χ0v) is 29.7. The standard InChI is InChI=1S/C34H61N3O12/c1-3-28(38)26-48-24-22-47-21-19-36-32(41)27-49-25-23-46-20-18-35-30(39)17-16-29(34(44)45-2)37-31(40)14-12-10-8-6-4-5-7-9-11-13-15-33(42)43/h29H,3-27H2,1-2H3,(H,35,39)(H,36,41)(H,37,40)(H,42,43)/t29-/m0/s1. The van der Waals surface area contributed by atoms with Gasteiger partial charge >= 0.3 is 11.9 Å². The summed E-state index contributed by atoms with van der Waals surface area (Å²) >= 11 is 0. The summed E-state index contributed by atoms with van der Waals surface area (Å²) < 4.78 is 25.9. The molecule has 0 bridgehead atoms. The molecule has 0 spiro atoms. The first kappa shape index (κ1) is 45.9. The molecule has 0 heterocycles. The van der Waals surface area contributed by atoms with Gasteiger partial charge in [-0.15, -0.1) is 0 Å². The third kappa shape index (κ3) is 31.9. The first-order valence-electron chi connectivity index (χ1n) is 17.6. The highest BCUT2D eigenvalue weighted by Crippen LogP contribution is 2.12. The number of amides is 3. The summed E-state index contributed by atoms with van der Waals surface area (Å²) in [5.74, 6) is -2.13. The Kier molecular flexibility index (Phi) is 31.2. The lowest BCUT2D eigenvalue weighted by Gasteiger charge is -2.16. The predicted molar refractivity (Wildman–Crippen MR) is 181 cm³/mol. The summed E-state index contributed by atoms with van der Waals surface area (Å²) in [6, 6.07) is -0.903. The molecular weight excluding hydrogens is 642 g/mol. The van der Waals surface area contributed by atoms with Crippen molar-refractivity contribution < 1.29 is 57.6 Å². The van der Waals surface area contributed by atoms with Crippen LogP contribution in [0.2, 0.25) is 0 Å². The van der Waals surface area contributed by atoms with Crippen molar-refractivity contribution in [3.8, 4) is 0 Å². The summed E-state index contributed by atoms with van der Waals surface area (Å²) in [4.78, 5) is 70.1. The van der Waals surface area contributed by atoms with Gasteiger partial charge in [0.25, 0.3) is 0 Å². The number of unbranched alkanes of at least 4 members (excludes halogenated alkanes) is 9. The Morgan fingerprint density at radius 1 is 0.571 bits per heavy atom. The molecule has 0 aromatic heterocycles. The van der Waals surface area contributed by atoms with Crippen molar-refractivity contribution in [1.82, 2.24) is 16.0 Å². The molecule has 4 N–H and O–H groups in total. The van der Waals surface area contributed by atoms with Gasteiger partial charge in [-0.05, 0) is 19.3 Å². The Hall–Kier alpha value is -3.14. The fourth-order valence-electron chi connectivity index (χ4n) is 4.47. The van der Waals surface area contributed by atoms with Gasteiger partial charge in [0.05, 0.1) is 46.8 Å². The molecule has 0 aliphatic carbocycles. The molecule has 0 aromatic rings. The lowest BCUT2D eigenvalue weighted by Crippen LogP contribution is -2.42. The second-order valence-electron chi connectivity index (χ2n) is 11.5. The number of hydrogen-bond acceptors (Lipinski definition) is 11. The van der Waals surface area contributed by atoms with Crippen LogP contribution in [-0.4, -0.2) is 120 Å². The number of carbonyl (C=O) groups excluding carboxylic acids is 5. The van der Waals surface area contributed by atoms with Crippen LogP contribution in [-0.2, 0) is 52.5 Å². The quantitative estimate of drug-likeness (QED) is 0.0555. The zero-order valence-electron chi connectivity index (χ0n) is 29.7. The molecule has 1 atom stereocenters. The molecule has 49 heavy (non-hydrogen) atoms. The third-order valence-corrected chi connectivity index (χ3v) is 7.30. The average molecular weight is 704 g/mol. The summed E-state index contributed by atoms with van der Waals surface area (Å²) in [6.45, 7) is 3.94. The van der Waals surface area contributed by atoms with E-state index in [-0.39, 0.29) is 82.3 Å². The Labute approximate surface area is 291 Å². The fraction of sp³-hybridized carbons (Fsp3) is 0.824. The van der Waals surface area contributed by atoms with Crippen LogP contribution >= 0.6 is 0 Å². The van der Waals surface area contributed by atoms with E-state index in [1.807, 2.05) is 0 Å². The topological polar surface area (TPSA) is 205 Å². The van der Waals surface area contributed by atoms with E-state index in [9.17, 15) is 28.8 Å². The van der Waals surface area contributed by atoms with Gasteiger partial charge < -0.3 is 44.7 Å². The van der Waals surface area contributed by atoms with E-state index in [0.717, 1.165) is 57.8 Å². The monoisotopic (exact) mass is 703 g/mol. The van der Waals surface area contributed by atoms with Gasteiger partial charge in [-0.2, -0.15) is 0 Å². The molecule has 0 unspecified atom stereocenters. The molecule has 0 aromatic carbocycles. The largest absolute Gasteiger partial charge is 0.481 e. The molecule has 15 heteroatoms. The van der Waals surface area contributed by atoms with Crippen LogP contribution in [0.4, 0.5) is 0 Å². The average Bonchev–Trinajstić information content (AvgIpc) is 3.08. The highest BCUT2D eigenvalue weighted by Gasteiger charge is 2.22. The van der Waals surface area contributed by atoms with Gasteiger partial charge in [0.2, 0.25) is 17.7 Å². The van der Waals surface area contributed by atoms with Crippen LogP contribution in [0.5, 0.6) is 0 Å². The summed E-state index contributed by atoms with van der Waals surface area (Å²) in [5.41, 5.74) is 0. The number of nitrogens with one attached hydrogen (secondary N) is 3. The number of methoxy groups -OCH3 is 1. The number of esters is 1. The van der Waals surface area contributed by atoms with Gasteiger partial charge in [0, 0.05) is 38.8 Å². The second-order valence-corrected chi connectivity index (χ2v) is 11.5. The van der Waals surface area contributed by atoms with Crippen molar-refractivity contribution in [3.05, 3.63) is 0 Å². The second kappa shape index (κ2) is 33.4. The third-order valence-electron chi connectivity index (χ3n) is 7.30. The van der Waals surface area contributed by atoms with E-state index < -0.39 is 18.0 Å². The highest BCUT2D eigenvalue weighted by molar-refractivity contribution is 5.85. The molecule has 0 rings (SSSR count). The molecule has 15 nitrogen and oxygen atoms in total. The van der Waals surface area contributed by atoms with Crippen molar-refractivity contribution in [2.24, 2.45) is 0 Å². The number of carbonyl (C=O) groups is 6. The number of ether oxygens (including phenoxy) is 5. The van der Waals surface area contributed by atoms with Gasteiger partial charge in [0.15, 0.2) is 5.78 Å². The number of ketones is 1. The van der Waals surface area contributed by atoms with E-state index in [4.69, 9.17) is 28.8 Å². The van der Waals surface area contributed by atoms with E-state index >= 15 is 0 Å². The molecule has 0 saturated carbocycles. The Morgan fingerprint density at radius 3 is 1.59 bits per heavy atom. The van der Waals surface area contributed by atoms with Crippen LogP contribution in [0, 0.1) is 0 Å². The fourth-order valence-corrected chi connectivity index (χ4v) is 4.47. The molecule has 0 aliphatic rings. The summed E-state index contributed by atoms with van der Waals surface area (Å²) in [7, 11) is 1.24. The number of hydrogen-bond donors (Lipinski definition) is 4. The molecule has 284 valence electrons. The van der Waals surface area contributed by atoms with Crippen LogP contribution in [0.25, 0.3) is 0 Å². The van der Waals surface area contributed by atoms with Crippen LogP contribution in [0.1, 0.15) is 103 Å². The number of Topliss-reactive ketones (excluding diaryl/α,β-unsaturated/α-hetero) is 1. The molecule has 0 radical (unpaired) electrons. The van der Waals surface area contributed by atoms with Crippen molar-refractivity contribution in [2.75, 3.05) is 73.1 Å². The smallest absolute Gasteiger partial charge is 0.328 e. The minimum absolute atomic E-state index is 0.0244. The van der Waals surface area contributed by atoms with Crippen molar-refractivity contribution in [1.29, 1.82) is 0 Å². The van der Waals surface area contributed by atoms with Gasteiger partial charge in [0.1, 0.15) is 19.3 Å². The maximum absolute atomic E-state index is 12.4. The Balaban J connectivity index is 3.79. The number of rotatable bonds is 35. The Bertz CT molecular complexity index is 919. The number of aliphatic carboxylic acids is 1. The molecular formula is C34H61N3O12. The molecule has 0 aliphatic heterocycles. The zero-order chi connectivity index (χ0) is 36.4. The van der Waals surface area contributed by atoms with Gasteiger partial charge in [-0.25, -0.2) is 4.79 Å². The predicted octanol–water partition coefficient (Wildman–Crippen LogP) is 2.47. The van der Waals surface area contributed by atoms with E-state index in [2.05, 4.69) is 16.0 Å². The van der Waals surface area contributed by atoms with Gasteiger partial charge in [-0.1, -0.05) is 58.3 Å². The molecule has 3 amide bonds. The van der Waals surface area contributed by atoms with Crippen LogP contribution in [0.15, 0.2) is 0 Å². The van der Waals surface area contributed by atoms with E-state index in [1.54, 1.807) is 6.92 Å². The lowest BCUT2D eigenvalue weighted by atomic mass is 10.0. The van der Waals surface area contributed by atoms with Gasteiger partial charge in [-0.3, -0.25) is 24.0 Å². The Morgan fingerprint density at radius 2 is 1.06 bits per heavy atom. The van der Waals surface area contributed by atoms with Crippen molar-refractivity contribution >= 4 is 35.4 Å². The summed E-state index contributed by atoms with van der Waals surface area (Å²) in [5, 5.41) is 16.7. The van der Waals surface area contributed by atoms with Crippen LogP contribution in [0.3, 0.4) is 0 Å². The minimum Gasteiger partial charge on any atom is -0.481 e. The lowest BCUT2D eigenvalue weighted by molar-refractivity contribution is -0.145. The van der Waals surface area contributed by atoms with Crippen molar-refractivity contribution in [3.63, 3.8) is 0 Å².